The van der Waals surface area contributed by atoms with E-state index in [9.17, 15) is 9.59 Å². The molecule has 0 aliphatic carbocycles. The predicted molar refractivity (Wildman–Crippen MR) is 88.2 cm³/mol. The number of hydrogen-bond acceptors (Lipinski definition) is 5. The van der Waals surface area contributed by atoms with Crippen LogP contribution in [0.25, 0.3) is 5.57 Å². The van der Waals surface area contributed by atoms with Crippen molar-refractivity contribution in [1.29, 1.82) is 0 Å². The number of cyclic esters (lactones) is 1. The van der Waals surface area contributed by atoms with E-state index < -0.39 is 5.97 Å². The monoisotopic (exact) mass is 324 g/mol. The Morgan fingerprint density at radius 2 is 1.46 bits per heavy atom. The van der Waals surface area contributed by atoms with Crippen LogP contribution in [0.15, 0.2) is 54.1 Å². The normalized spacial score (nSPS) is 13.7. The standard InChI is InChI=1S/C19H16O5/c1-22-14-7-3-12(4-8-14)16-11-24-19(21)17(16)18(20)13-5-9-15(23-2)10-6-13/h3-10H,11H2,1-2H3. The number of hydrogen-bond donors (Lipinski definition) is 0. The lowest BCUT2D eigenvalue weighted by Gasteiger charge is -2.06. The maximum Gasteiger partial charge on any atom is 0.342 e. The van der Waals surface area contributed by atoms with E-state index in [1.165, 1.54) is 0 Å². The van der Waals surface area contributed by atoms with Gasteiger partial charge in [-0.3, -0.25) is 4.79 Å². The number of Topliss-reactive ketones (excluding diaryl/α,β-unsaturated/α-hetero) is 1. The first-order valence-corrected chi connectivity index (χ1v) is 7.37. The number of rotatable bonds is 5. The SMILES string of the molecule is COc1ccc(C(=O)C2=C(c3ccc(OC)cc3)COC2=O)cc1. The summed E-state index contributed by atoms with van der Waals surface area (Å²) in [5.41, 5.74) is 1.84. The molecule has 5 nitrogen and oxygen atoms in total. The fourth-order valence-electron chi connectivity index (χ4n) is 2.54. The molecule has 122 valence electrons. The maximum atomic E-state index is 12.7. The van der Waals surface area contributed by atoms with Gasteiger partial charge in [-0.2, -0.15) is 0 Å². The molecule has 0 unspecified atom stereocenters. The van der Waals surface area contributed by atoms with Crippen LogP contribution < -0.4 is 9.47 Å². The van der Waals surface area contributed by atoms with Crippen molar-refractivity contribution in [3.8, 4) is 11.5 Å². The average molecular weight is 324 g/mol. The zero-order valence-electron chi connectivity index (χ0n) is 13.4. The molecule has 0 spiro atoms. The smallest absolute Gasteiger partial charge is 0.342 e. The molecule has 0 saturated carbocycles. The Balaban J connectivity index is 1.99. The van der Waals surface area contributed by atoms with E-state index in [2.05, 4.69) is 0 Å². The minimum atomic E-state index is -0.596. The van der Waals surface area contributed by atoms with Crippen molar-refractivity contribution in [2.45, 2.75) is 0 Å². The van der Waals surface area contributed by atoms with Gasteiger partial charge >= 0.3 is 5.97 Å². The van der Waals surface area contributed by atoms with Gasteiger partial charge in [0.25, 0.3) is 0 Å². The highest BCUT2D eigenvalue weighted by Crippen LogP contribution is 2.29. The molecular weight excluding hydrogens is 308 g/mol. The zero-order chi connectivity index (χ0) is 17.1. The molecule has 0 bridgehead atoms. The quantitative estimate of drug-likeness (QED) is 0.481. The van der Waals surface area contributed by atoms with Gasteiger partial charge < -0.3 is 14.2 Å². The molecule has 0 atom stereocenters. The molecule has 0 saturated heterocycles. The molecule has 0 aromatic heterocycles. The largest absolute Gasteiger partial charge is 0.497 e. The Morgan fingerprint density at radius 3 is 2.00 bits per heavy atom. The minimum absolute atomic E-state index is 0.0744. The Morgan fingerprint density at radius 1 is 0.917 bits per heavy atom. The summed E-state index contributed by atoms with van der Waals surface area (Å²) in [4.78, 5) is 24.8. The van der Waals surface area contributed by atoms with Crippen LogP contribution >= 0.6 is 0 Å². The number of ketones is 1. The van der Waals surface area contributed by atoms with Gasteiger partial charge in [-0.25, -0.2) is 4.79 Å². The van der Waals surface area contributed by atoms with Gasteiger partial charge in [-0.05, 0) is 42.0 Å². The first-order chi connectivity index (χ1) is 11.6. The molecule has 0 N–H and O–H groups in total. The molecule has 3 rings (SSSR count). The highest BCUT2D eigenvalue weighted by atomic mass is 16.5. The summed E-state index contributed by atoms with van der Waals surface area (Å²) in [6, 6.07) is 13.8. The van der Waals surface area contributed by atoms with Gasteiger partial charge in [0, 0.05) is 11.1 Å². The number of esters is 1. The molecule has 5 heteroatoms. The van der Waals surface area contributed by atoms with E-state index >= 15 is 0 Å². The van der Waals surface area contributed by atoms with Gasteiger partial charge in [0.05, 0.1) is 14.2 Å². The lowest BCUT2D eigenvalue weighted by molar-refractivity contribution is -0.135. The van der Waals surface area contributed by atoms with Crippen molar-refractivity contribution < 1.29 is 23.8 Å². The van der Waals surface area contributed by atoms with Crippen LogP contribution in [0.2, 0.25) is 0 Å². The zero-order valence-corrected chi connectivity index (χ0v) is 13.4. The third-order valence-electron chi connectivity index (χ3n) is 3.87. The molecular formula is C19H16O5. The van der Waals surface area contributed by atoms with Crippen LogP contribution in [0.3, 0.4) is 0 Å². The molecule has 0 radical (unpaired) electrons. The number of benzene rings is 2. The Hall–Kier alpha value is -3.08. The summed E-state index contributed by atoms with van der Waals surface area (Å²) in [5, 5.41) is 0. The number of carbonyl (C=O) groups excluding carboxylic acids is 2. The van der Waals surface area contributed by atoms with E-state index in [1.54, 1.807) is 62.8 Å². The lowest BCUT2D eigenvalue weighted by Crippen LogP contribution is -2.11. The summed E-state index contributed by atoms with van der Waals surface area (Å²) >= 11 is 0. The third kappa shape index (κ3) is 2.88. The van der Waals surface area contributed by atoms with Gasteiger partial charge in [0.2, 0.25) is 5.78 Å². The van der Waals surface area contributed by atoms with E-state index in [0.717, 1.165) is 5.56 Å². The minimum Gasteiger partial charge on any atom is -0.497 e. The molecule has 1 heterocycles. The molecule has 0 amide bonds. The van der Waals surface area contributed by atoms with Crippen LogP contribution in [-0.2, 0) is 9.53 Å². The van der Waals surface area contributed by atoms with Crippen molar-refractivity contribution >= 4 is 17.3 Å². The predicted octanol–water partition coefficient (Wildman–Crippen LogP) is 2.90. The van der Waals surface area contributed by atoms with Crippen LogP contribution in [-0.4, -0.2) is 32.6 Å². The third-order valence-corrected chi connectivity index (χ3v) is 3.87. The fourth-order valence-corrected chi connectivity index (χ4v) is 2.54. The number of carbonyl (C=O) groups is 2. The second-order valence-electron chi connectivity index (χ2n) is 5.22. The second-order valence-corrected chi connectivity index (χ2v) is 5.22. The summed E-state index contributed by atoms with van der Waals surface area (Å²) in [5.74, 6) is 0.394. The van der Waals surface area contributed by atoms with Crippen LogP contribution in [0.5, 0.6) is 11.5 Å². The van der Waals surface area contributed by atoms with E-state index in [0.29, 0.717) is 22.6 Å². The van der Waals surface area contributed by atoms with Crippen molar-refractivity contribution in [2.24, 2.45) is 0 Å². The van der Waals surface area contributed by atoms with Gasteiger partial charge in [-0.1, -0.05) is 12.1 Å². The van der Waals surface area contributed by atoms with E-state index in [1.807, 2.05) is 0 Å². The van der Waals surface area contributed by atoms with Gasteiger partial charge in [0.1, 0.15) is 23.7 Å². The van der Waals surface area contributed by atoms with Crippen LogP contribution in [0.1, 0.15) is 15.9 Å². The summed E-state index contributed by atoms with van der Waals surface area (Å²) in [7, 11) is 3.13. The van der Waals surface area contributed by atoms with Crippen LogP contribution in [0.4, 0.5) is 0 Å². The Kier molecular flexibility index (Phi) is 4.33. The maximum absolute atomic E-state index is 12.7. The van der Waals surface area contributed by atoms with E-state index in [-0.39, 0.29) is 18.0 Å². The van der Waals surface area contributed by atoms with Crippen molar-refractivity contribution in [3.05, 3.63) is 65.2 Å². The van der Waals surface area contributed by atoms with Crippen molar-refractivity contribution in [3.63, 3.8) is 0 Å². The van der Waals surface area contributed by atoms with Crippen molar-refractivity contribution in [2.75, 3.05) is 20.8 Å². The number of ether oxygens (including phenoxy) is 3. The van der Waals surface area contributed by atoms with Gasteiger partial charge in [-0.15, -0.1) is 0 Å². The topological polar surface area (TPSA) is 61.8 Å². The second kappa shape index (κ2) is 6.58. The number of methoxy groups -OCH3 is 2. The molecule has 1 aliphatic heterocycles. The first kappa shape index (κ1) is 15.8. The highest BCUT2D eigenvalue weighted by molar-refractivity contribution is 6.30. The van der Waals surface area contributed by atoms with Crippen LogP contribution in [0, 0.1) is 0 Å². The molecule has 24 heavy (non-hydrogen) atoms. The Labute approximate surface area is 139 Å². The average Bonchev–Trinajstić information content (AvgIpc) is 3.02. The molecule has 2 aromatic carbocycles. The molecule has 0 fully saturated rings. The fraction of sp³-hybridized carbons (Fsp3) is 0.158. The van der Waals surface area contributed by atoms with Gasteiger partial charge in [0.15, 0.2) is 0 Å². The highest BCUT2D eigenvalue weighted by Gasteiger charge is 2.32. The Bertz CT molecular complexity index is 801. The summed E-state index contributed by atoms with van der Waals surface area (Å²) in [6.45, 7) is 0.0857. The first-order valence-electron chi connectivity index (χ1n) is 7.37. The lowest BCUT2D eigenvalue weighted by atomic mass is 9.96. The van der Waals surface area contributed by atoms with Crippen molar-refractivity contribution in [1.82, 2.24) is 0 Å². The molecule has 1 aliphatic rings. The van der Waals surface area contributed by atoms with E-state index in [4.69, 9.17) is 14.2 Å². The molecule has 2 aromatic rings. The summed E-state index contributed by atoms with van der Waals surface area (Å²) < 4.78 is 15.3. The summed E-state index contributed by atoms with van der Waals surface area (Å²) in [6.07, 6.45) is 0.